The quantitative estimate of drug-likeness (QED) is 0.482. The van der Waals surface area contributed by atoms with E-state index in [4.69, 9.17) is 11.6 Å². The second kappa shape index (κ2) is 8.29. The van der Waals surface area contributed by atoms with E-state index >= 15 is 0 Å². The highest BCUT2D eigenvalue weighted by molar-refractivity contribution is 6.46. The molecule has 0 saturated heterocycles. The number of hydrogen-bond donors (Lipinski definition) is 1. The fourth-order valence-corrected chi connectivity index (χ4v) is 4.33. The Labute approximate surface area is 193 Å². The molecule has 5 heteroatoms. The van der Waals surface area contributed by atoms with E-state index in [1.807, 2.05) is 71.0 Å². The molecule has 4 rings (SSSR count). The third-order valence-electron chi connectivity index (χ3n) is 6.00. The van der Waals surface area contributed by atoms with Crippen LogP contribution in [0.15, 0.2) is 60.3 Å². The molecule has 2 amide bonds. The first-order valence-electron chi connectivity index (χ1n) is 10.5. The van der Waals surface area contributed by atoms with Crippen LogP contribution in [-0.4, -0.2) is 11.8 Å². The van der Waals surface area contributed by atoms with Crippen molar-refractivity contribution in [1.29, 1.82) is 0 Å². The van der Waals surface area contributed by atoms with Gasteiger partial charge in [-0.1, -0.05) is 47.5 Å². The van der Waals surface area contributed by atoms with Gasteiger partial charge in [-0.15, -0.1) is 0 Å². The maximum Gasteiger partial charge on any atom is 0.282 e. The standard InChI is InChI=1S/C27H25ClN2O2/c1-15-9-11-21(17(3)13-15)24-25(29-22-8-6-7-16(2)19(22)5)27(32)30(26(24)31)23-12-10-20(28)14-18(23)4/h6-14,29H,1-5H3. The molecule has 3 aromatic rings. The minimum atomic E-state index is -0.378. The number of anilines is 2. The van der Waals surface area contributed by atoms with Crippen molar-refractivity contribution in [3.05, 3.63) is 98.7 Å². The molecule has 162 valence electrons. The van der Waals surface area contributed by atoms with Crippen LogP contribution in [0, 0.1) is 34.6 Å². The summed E-state index contributed by atoms with van der Waals surface area (Å²) in [5.74, 6) is -0.725. The van der Waals surface area contributed by atoms with Crippen LogP contribution in [0.5, 0.6) is 0 Å². The van der Waals surface area contributed by atoms with Crippen molar-refractivity contribution in [2.45, 2.75) is 34.6 Å². The molecule has 0 radical (unpaired) electrons. The summed E-state index contributed by atoms with van der Waals surface area (Å²) in [7, 11) is 0. The molecule has 0 fully saturated rings. The monoisotopic (exact) mass is 444 g/mol. The van der Waals surface area contributed by atoms with Crippen molar-refractivity contribution in [3.63, 3.8) is 0 Å². The Morgan fingerprint density at radius 3 is 2.22 bits per heavy atom. The lowest BCUT2D eigenvalue weighted by Crippen LogP contribution is -2.33. The molecule has 0 unspecified atom stereocenters. The van der Waals surface area contributed by atoms with Gasteiger partial charge >= 0.3 is 0 Å². The van der Waals surface area contributed by atoms with E-state index in [9.17, 15) is 9.59 Å². The van der Waals surface area contributed by atoms with E-state index in [0.29, 0.717) is 16.3 Å². The van der Waals surface area contributed by atoms with Crippen LogP contribution in [-0.2, 0) is 9.59 Å². The summed E-state index contributed by atoms with van der Waals surface area (Å²) < 4.78 is 0. The maximum absolute atomic E-state index is 13.7. The van der Waals surface area contributed by atoms with Crippen LogP contribution in [0.25, 0.3) is 5.57 Å². The van der Waals surface area contributed by atoms with E-state index in [1.54, 1.807) is 18.2 Å². The number of carbonyl (C=O) groups excluding carboxylic acids is 2. The summed E-state index contributed by atoms with van der Waals surface area (Å²) in [6.07, 6.45) is 0. The molecule has 1 aliphatic rings. The molecule has 4 nitrogen and oxygen atoms in total. The van der Waals surface area contributed by atoms with Gasteiger partial charge in [-0.3, -0.25) is 9.59 Å². The fourth-order valence-electron chi connectivity index (χ4n) is 4.10. The average Bonchev–Trinajstić information content (AvgIpc) is 2.96. The lowest BCUT2D eigenvalue weighted by molar-refractivity contribution is -0.120. The first kappa shape index (κ1) is 21.8. The first-order valence-corrected chi connectivity index (χ1v) is 10.9. The molecule has 1 heterocycles. The highest BCUT2D eigenvalue weighted by Gasteiger charge is 2.41. The molecule has 0 bridgehead atoms. The molecular formula is C27H25ClN2O2. The van der Waals surface area contributed by atoms with E-state index in [0.717, 1.165) is 39.1 Å². The SMILES string of the molecule is Cc1ccc(C2=C(Nc3cccc(C)c3C)C(=O)N(c3ccc(Cl)cc3C)C2=O)c(C)c1. The summed E-state index contributed by atoms with van der Waals surface area (Å²) in [6, 6.07) is 16.9. The van der Waals surface area contributed by atoms with Crippen LogP contribution >= 0.6 is 11.6 Å². The van der Waals surface area contributed by atoms with E-state index in [-0.39, 0.29) is 17.5 Å². The largest absolute Gasteiger partial charge is 0.350 e. The summed E-state index contributed by atoms with van der Waals surface area (Å²) in [5, 5.41) is 3.85. The smallest absolute Gasteiger partial charge is 0.282 e. The molecule has 3 aromatic carbocycles. The van der Waals surface area contributed by atoms with Gasteiger partial charge in [-0.25, -0.2) is 4.90 Å². The highest BCUT2D eigenvalue weighted by Crippen LogP contribution is 2.37. The third-order valence-corrected chi connectivity index (χ3v) is 6.23. The van der Waals surface area contributed by atoms with Gasteiger partial charge in [0.2, 0.25) is 0 Å². The van der Waals surface area contributed by atoms with Crippen molar-refractivity contribution in [3.8, 4) is 0 Å². The van der Waals surface area contributed by atoms with Gasteiger partial charge < -0.3 is 5.32 Å². The van der Waals surface area contributed by atoms with Crippen LogP contribution in [0.1, 0.15) is 33.4 Å². The number of nitrogens with zero attached hydrogens (tertiary/aromatic N) is 1. The molecular weight excluding hydrogens is 420 g/mol. The summed E-state index contributed by atoms with van der Waals surface area (Å²) in [5.41, 5.74) is 7.67. The fraction of sp³-hybridized carbons (Fsp3) is 0.185. The van der Waals surface area contributed by atoms with Crippen LogP contribution in [0.4, 0.5) is 11.4 Å². The molecule has 0 saturated carbocycles. The normalized spacial score (nSPS) is 13.9. The minimum Gasteiger partial charge on any atom is -0.350 e. The van der Waals surface area contributed by atoms with E-state index in [2.05, 4.69) is 5.32 Å². The Bertz CT molecular complexity index is 1310. The van der Waals surface area contributed by atoms with Gasteiger partial charge in [0.15, 0.2) is 0 Å². The second-order valence-electron chi connectivity index (χ2n) is 8.32. The van der Waals surface area contributed by atoms with Gasteiger partial charge in [0.25, 0.3) is 11.8 Å². The number of halogens is 1. The first-order chi connectivity index (χ1) is 15.2. The van der Waals surface area contributed by atoms with Gasteiger partial charge in [-0.2, -0.15) is 0 Å². The van der Waals surface area contributed by atoms with Crippen LogP contribution in [0.3, 0.4) is 0 Å². The summed E-state index contributed by atoms with van der Waals surface area (Å²) >= 11 is 6.11. The van der Waals surface area contributed by atoms with E-state index in [1.165, 1.54) is 4.90 Å². The highest BCUT2D eigenvalue weighted by atomic mass is 35.5. The maximum atomic E-state index is 13.7. The molecule has 0 spiro atoms. The zero-order valence-electron chi connectivity index (χ0n) is 18.8. The van der Waals surface area contributed by atoms with Crippen LogP contribution in [0.2, 0.25) is 5.02 Å². The zero-order valence-corrected chi connectivity index (χ0v) is 19.6. The van der Waals surface area contributed by atoms with Crippen molar-refractivity contribution in [1.82, 2.24) is 0 Å². The molecule has 0 aliphatic carbocycles. The number of hydrogen-bond acceptors (Lipinski definition) is 3. The average molecular weight is 445 g/mol. The Morgan fingerprint density at radius 1 is 0.781 bits per heavy atom. The van der Waals surface area contributed by atoms with Crippen molar-refractivity contribution >= 4 is 40.4 Å². The molecule has 0 aromatic heterocycles. The molecule has 0 atom stereocenters. The molecule has 1 N–H and O–H groups in total. The Balaban J connectivity index is 1.90. The number of rotatable bonds is 4. The van der Waals surface area contributed by atoms with Gasteiger partial charge in [-0.05, 0) is 86.7 Å². The number of benzene rings is 3. The number of imide groups is 1. The van der Waals surface area contributed by atoms with Crippen LogP contribution < -0.4 is 10.2 Å². The summed E-state index contributed by atoms with van der Waals surface area (Å²) in [6.45, 7) is 9.82. The lowest BCUT2D eigenvalue weighted by Gasteiger charge is -2.18. The zero-order chi connectivity index (χ0) is 23.2. The Kier molecular flexibility index (Phi) is 5.66. The Hall–Kier alpha value is -3.37. The van der Waals surface area contributed by atoms with Gasteiger partial charge in [0.1, 0.15) is 5.70 Å². The third kappa shape index (κ3) is 3.71. The van der Waals surface area contributed by atoms with Crippen molar-refractivity contribution < 1.29 is 9.59 Å². The predicted octanol–water partition coefficient (Wildman–Crippen LogP) is 6.28. The number of nitrogens with one attached hydrogen (secondary N) is 1. The van der Waals surface area contributed by atoms with E-state index < -0.39 is 0 Å². The topological polar surface area (TPSA) is 49.4 Å². The van der Waals surface area contributed by atoms with Crippen molar-refractivity contribution in [2.24, 2.45) is 0 Å². The van der Waals surface area contributed by atoms with Gasteiger partial charge in [0.05, 0.1) is 11.3 Å². The Morgan fingerprint density at radius 2 is 1.53 bits per heavy atom. The summed E-state index contributed by atoms with van der Waals surface area (Å²) in [4.78, 5) is 28.6. The number of carbonyl (C=O) groups is 2. The predicted molar refractivity (Wildman–Crippen MR) is 131 cm³/mol. The lowest BCUT2D eigenvalue weighted by atomic mass is 9.97. The van der Waals surface area contributed by atoms with Crippen molar-refractivity contribution in [2.75, 3.05) is 10.2 Å². The van der Waals surface area contributed by atoms with Gasteiger partial charge in [0, 0.05) is 10.7 Å². The molecule has 32 heavy (non-hydrogen) atoms. The minimum absolute atomic E-state index is 0.282. The number of amides is 2. The second-order valence-corrected chi connectivity index (χ2v) is 8.75. The molecule has 1 aliphatic heterocycles. The number of aryl methyl sites for hydroxylation is 4.